The number of nitrogens with zero attached hydrogens (tertiary/aromatic N) is 5. The second-order valence-corrected chi connectivity index (χ2v) is 14.9. The SMILES string of the molecule is Cc1cccc(-c2c(-c3ccc4ncc(B(O)O)cc4n3)ncn2COCC[Si](C)(C)C)n1. The Balaban J connectivity index is 1.74. The molecule has 10 heteroatoms. The van der Waals surface area contributed by atoms with Crippen LogP contribution in [0.25, 0.3) is 33.8 Å². The average molecular weight is 461 g/mol. The van der Waals surface area contributed by atoms with E-state index in [2.05, 4.69) is 29.6 Å². The summed E-state index contributed by atoms with van der Waals surface area (Å²) in [5.74, 6) is 0. The van der Waals surface area contributed by atoms with E-state index in [-0.39, 0.29) is 5.46 Å². The van der Waals surface area contributed by atoms with E-state index in [4.69, 9.17) is 14.7 Å². The molecule has 0 unspecified atom stereocenters. The molecule has 4 heterocycles. The van der Waals surface area contributed by atoms with Gasteiger partial charge in [0.05, 0.1) is 34.4 Å². The maximum absolute atomic E-state index is 9.50. The van der Waals surface area contributed by atoms with Crippen molar-refractivity contribution in [1.82, 2.24) is 24.5 Å². The van der Waals surface area contributed by atoms with Gasteiger partial charge in [-0.3, -0.25) is 9.97 Å². The minimum absolute atomic E-state index is 0.286. The quantitative estimate of drug-likeness (QED) is 0.307. The molecule has 0 radical (unpaired) electrons. The number of aryl methyl sites for hydroxylation is 1. The third kappa shape index (κ3) is 5.53. The first-order valence-electron chi connectivity index (χ1n) is 10.9. The molecule has 4 aromatic rings. The molecule has 0 saturated carbocycles. The lowest BCUT2D eigenvalue weighted by Crippen LogP contribution is -2.30. The number of pyridine rings is 3. The monoisotopic (exact) mass is 461 g/mol. The van der Waals surface area contributed by atoms with E-state index in [9.17, 15) is 10.0 Å². The Labute approximate surface area is 194 Å². The minimum Gasteiger partial charge on any atom is -0.423 e. The summed E-state index contributed by atoms with van der Waals surface area (Å²) in [6.45, 7) is 10.0. The molecule has 4 rings (SSSR count). The standard InChI is InChI=1S/C23H28BN5O3Si/c1-16-6-5-7-20(27-16)23-22(26-14-29(23)15-32-10-11-33(2,3)4)19-9-8-18-21(28-19)12-17(13-25-18)24(30)31/h5-9,12-14,30-31H,10-11,15H2,1-4H3. The van der Waals surface area contributed by atoms with Crippen LogP contribution in [0.15, 0.2) is 48.9 Å². The predicted molar refractivity (Wildman–Crippen MR) is 133 cm³/mol. The summed E-state index contributed by atoms with van der Waals surface area (Å²) in [7, 11) is -2.79. The van der Waals surface area contributed by atoms with Crippen molar-refractivity contribution in [3.05, 3.63) is 54.6 Å². The van der Waals surface area contributed by atoms with Crippen LogP contribution in [-0.4, -0.2) is 56.4 Å². The molecule has 0 aliphatic heterocycles. The van der Waals surface area contributed by atoms with Gasteiger partial charge >= 0.3 is 7.12 Å². The number of imidazole rings is 1. The second-order valence-electron chi connectivity index (χ2n) is 9.30. The van der Waals surface area contributed by atoms with Crippen molar-refractivity contribution >= 4 is 31.7 Å². The van der Waals surface area contributed by atoms with Crippen molar-refractivity contribution in [2.45, 2.75) is 39.3 Å². The highest BCUT2D eigenvalue weighted by Gasteiger charge is 2.19. The summed E-state index contributed by atoms with van der Waals surface area (Å²) in [5, 5.41) is 19.0. The molecule has 0 aromatic carbocycles. The van der Waals surface area contributed by atoms with E-state index >= 15 is 0 Å². The molecule has 0 amide bonds. The molecule has 8 nitrogen and oxygen atoms in total. The molecular formula is C23H28BN5O3Si. The van der Waals surface area contributed by atoms with Crippen LogP contribution < -0.4 is 5.46 Å². The van der Waals surface area contributed by atoms with Crippen molar-refractivity contribution in [1.29, 1.82) is 0 Å². The Morgan fingerprint density at radius 3 is 2.55 bits per heavy atom. The van der Waals surface area contributed by atoms with E-state index in [0.29, 0.717) is 35.8 Å². The van der Waals surface area contributed by atoms with E-state index in [1.807, 2.05) is 41.8 Å². The molecule has 0 bridgehead atoms. The van der Waals surface area contributed by atoms with Crippen molar-refractivity contribution in [2.24, 2.45) is 0 Å². The lowest BCUT2D eigenvalue weighted by Gasteiger charge is -2.16. The maximum Gasteiger partial charge on any atom is 0.490 e. The fourth-order valence-corrected chi connectivity index (χ4v) is 4.20. The molecule has 33 heavy (non-hydrogen) atoms. The molecular weight excluding hydrogens is 433 g/mol. The van der Waals surface area contributed by atoms with Gasteiger partial charge in [-0.15, -0.1) is 0 Å². The summed E-state index contributed by atoms with van der Waals surface area (Å²) in [5.41, 5.74) is 5.35. The van der Waals surface area contributed by atoms with Gasteiger partial charge in [0.1, 0.15) is 12.4 Å². The zero-order valence-corrected chi connectivity index (χ0v) is 20.4. The molecule has 0 saturated heterocycles. The fraction of sp³-hybridized carbons (Fsp3) is 0.304. The molecule has 0 atom stereocenters. The molecule has 0 fully saturated rings. The molecule has 0 spiro atoms. The van der Waals surface area contributed by atoms with Gasteiger partial charge in [0.15, 0.2) is 0 Å². The van der Waals surface area contributed by atoms with Gasteiger partial charge < -0.3 is 19.4 Å². The zero-order valence-electron chi connectivity index (χ0n) is 19.4. The topological polar surface area (TPSA) is 106 Å². The normalized spacial score (nSPS) is 11.8. The lowest BCUT2D eigenvalue weighted by molar-refractivity contribution is 0.0881. The Kier molecular flexibility index (Phi) is 6.71. The van der Waals surface area contributed by atoms with E-state index in [0.717, 1.165) is 23.1 Å². The van der Waals surface area contributed by atoms with Gasteiger partial charge in [-0.05, 0) is 43.3 Å². The summed E-state index contributed by atoms with van der Waals surface area (Å²) in [6, 6.07) is 12.3. The largest absolute Gasteiger partial charge is 0.490 e. The Bertz CT molecular complexity index is 1270. The fourth-order valence-electron chi connectivity index (χ4n) is 3.45. The Morgan fingerprint density at radius 1 is 1.00 bits per heavy atom. The number of hydrogen-bond acceptors (Lipinski definition) is 7. The van der Waals surface area contributed by atoms with E-state index in [1.165, 1.54) is 6.20 Å². The first-order chi connectivity index (χ1) is 15.7. The van der Waals surface area contributed by atoms with Gasteiger partial charge in [0.25, 0.3) is 0 Å². The number of ether oxygens (including phenoxy) is 1. The Hall–Kier alpha value is -2.92. The van der Waals surface area contributed by atoms with Crippen LogP contribution in [0.5, 0.6) is 0 Å². The first kappa shape index (κ1) is 23.2. The number of rotatable bonds is 8. The van der Waals surface area contributed by atoms with Crippen molar-refractivity contribution < 1.29 is 14.8 Å². The first-order valence-corrected chi connectivity index (χ1v) is 14.6. The zero-order chi connectivity index (χ0) is 23.6. The molecule has 4 aromatic heterocycles. The predicted octanol–water partition coefficient (Wildman–Crippen LogP) is 2.86. The number of fused-ring (bicyclic) bond motifs is 1. The average Bonchev–Trinajstić information content (AvgIpc) is 3.19. The van der Waals surface area contributed by atoms with Crippen molar-refractivity contribution in [2.75, 3.05) is 6.61 Å². The summed E-state index contributed by atoms with van der Waals surface area (Å²) >= 11 is 0. The lowest BCUT2D eigenvalue weighted by atomic mass is 9.81. The van der Waals surface area contributed by atoms with Crippen molar-refractivity contribution in [3.8, 4) is 22.8 Å². The number of hydrogen-bond donors (Lipinski definition) is 2. The van der Waals surface area contributed by atoms with Crippen LogP contribution in [0.2, 0.25) is 25.7 Å². The third-order valence-electron chi connectivity index (χ3n) is 5.29. The van der Waals surface area contributed by atoms with Crippen molar-refractivity contribution in [3.63, 3.8) is 0 Å². The van der Waals surface area contributed by atoms with Crippen LogP contribution in [0.4, 0.5) is 0 Å². The van der Waals surface area contributed by atoms with Gasteiger partial charge in [0.2, 0.25) is 0 Å². The summed E-state index contributed by atoms with van der Waals surface area (Å²) < 4.78 is 7.95. The van der Waals surface area contributed by atoms with Gasteiger partial charge in [-0.1, -0.05) is 25.7 Å². The van der Waals surface area contributed by atoms with Crippen LogP contribution in [0.3, 0.4) is 0 Å². The van der Waals surface area contributed by atoms with E-state index in [1.54, 1.807) is 12.4 Å². The van der Waals surface area contributed by atoms with Gasteiger partial charge in [-0.25, -0.2) is 9.97 Å². The molecule has 170 valence electrons. The summed E-state index contributed by atoms with van der Waals surface area (Å²) in [6.07, 6.45) is 3.18. The second kappa shape index (κ2) is 9.52. The highest BCUT2D eigenvalue weighted by Crippen LogP contribution is 2.30. The maximum atomic E-state index is 9.50. The smallest absolute Gasteiger partial charge is 0.423 e. The Morgan fingerprint density at radius 2 is 1.82 bits per heavy atom. The minimum atomic E-state index is -1.60. The molecule has 0 aliphatic carbocycles. The van der Waals surface area contributed by atoms with Crippen LogP contribution in [-0.2, 0) is 11.5 Å². The molecule has 0 aliphatic rings. The number of aromatic nitrogens is 5. The highest BCUT2D eigenvalue weighted by atomic mass is 28.3. The van der Waals surface area contributed by atoms with Gasteiger partial charge in [-0.2, -0.15) is 0 Å². The molecule has 2 N–H and O–H groups in total. The summed E-state index contributed by atoms with van der Waals surface area (Å²) in [4.78, 5) is 18.4. The van der Waals surface area contributed by atoms with Gasteiger partial charge in [0, 0.05) is 32.0 Å². The highest BCUT2D eigenvalue weighted by molar-refractivity contribution is 6.76. The van der Waals surface area contributed by atoms with Crippen LogP contribution in [0, 0.1) is 6.92 Å². The van der Waals surface area contributed by atoms with Crippen LogP contribution >= 0.6 is 0 Å². The van der Waals surface area contributed by atoms with E-state index < -0.39 is 15.2 Å². The van der Waals surface area contributed by atoms with Crippen LogP contribution in [0.1, 0.15) is 5.69 Å². The third-order valence-corrected chi connectivity index (χ3v) is 7.00.